The van der Waals surface area contributed by atoms with Gasteiger partial charge in [0.1, 0.15) is 6.04 Å². The van der Waals surface area contributed by atoms with Crippen LogP contribution >= 0.6 is 0 Å². The van der Waals surface area contributed by atoms with Gasteiger partial charge in [0, 0.05) is 19.0 Å². The molecular formula is C26H32N2O4. The average molecular weight is 437 g/mol. The highest BCUT2D eigenvalue weighted by Gasteiger charge is 2.28. The Morgan fingerprint density at radius 2 is 1.72 bits per heavy atom. The number of fused-ring (bicyclic) bond motifs is 1. The van der Waals surface area contributed by atoms with Crippen molar-refractivity contribution in [2.75, 3.05) is 6.79 Å². The van der Waals surface area contributed by atoms with Crippen LogP contribution in [0.5, 0.6) is 11.5 Å². The Balaban J connectivity index is 1.44. The Labute approximate surface area is 189 Å². The van der Waals surface area contributed by atoms with Crippen molar-refractivity contribution in [1.29, 1.82) is 0 Å². The van der Waals surface area contributed by atoms with E-state index >= 15 is 0 Å². The van der Waals surface area contributed by atoms with Gasteiger partial charge in [-0.25, -0.2) is 0 Å². The Bertz CT molecular complexity index is 951. The molecule has 2 aromatic carbocycles. The molecule has 4 rings (SSSR count). The molecule has 32 heavy (non-hydrogen) atoms. The molecule has 1 N–H and O–H groups in total. The summed E-state index contributed by atoms with van der Waals surface area (Å²) >= 11 is 0. The maximum atomic E-state index is 13.3. The molecule has 2 aliphatic rings. The standard InChI is InChI=1S/C26H32N2O4/c1-18-7-9-21(10-8-18)16-28(19(2)26(30)27-22-5-3-4-6-22)25(29)14-12-20-11-13-23-24(15-20)32-17-31-23/h7-11,13,15,19,22H,3-6,12,14,16-17H2,1-2H3,(H,27,30). The summed E-state index contributed by atoms with van der Waals surface area (Å²) in [6.07, 6.45) is 5.26. The molecule has 170 valence electrons. The topological polar surface area (TPSA) is 67.9 Å². The van der Waals surface area contributed by atoms with Gasteiger partial charge in [0.15, 0.2) is 11.5 Å². The van der Waals surface area contributed by atoms with Crippen LogP contribution in [0.25, 0.3) is 0 Å². The highest BCUT2D eigenvalue weighted by Crippen LogP contribution is 2.32. The van der Waals surface area contributed by atoms with Gasteiger partial charge in [0.25, 0.3) is 0 Å². The molecular weight excluding hydrogens is 404 g/mol. The smallest absolute Gasteiger partial charge is 0.242 e. The summed E-state index contributed by atoms with van der Waals surface area (Å²) in [4.78, 5) is 28.0. The molecule has 6 heteroatoms. The van der Waals surface area contributed by atoms with Crippen LogP contribution < -0.4 is 14.8 Å². The number of benzene rings is 2. The second-order valence-corrected chi connectivity index (χ2v) is 8.86. The van der Waals surface area contributed by atoms with E-state index in [9.17, 15) is 9.59 Å². The van der Waals surface area contributed by atoms with E-state index in [0.29, 0.717) is 19.4 Å². The number of nitrogens with zero attached hydrogens (tertiary/aromatic N) is 1. The van der Waals surface area contributed by atoms with Crippen LogP contribution in [-0.2, 0) is 22.6 Å². The Kier molecular flexibility index (Phi) is 6.98. The third kappa shape index (κ3) is 5.42. The summed E-state index contributed by atoms with van der Waals surface area (Å²) in [5.41, 5.74) is 3.20. The number of carbonyl (C=O) groups excluding carboxylic acids is 2. The molecule has 1 aliphatic heterocycles. The van der Waals surface area contributed by atoms with Gasteiger partial charge in [-0.15, -0.1) is 0 Å². The van der Waals surface area contributed by atoms with Gasteiger partial charge in [-0.05, 0) is 56.4 Å². The van der Waals surface area contributed by atoms with Crippen molar-refractivity contribution >= 4 is 11.8 Å². The summed E-state index contributed by atoms with van der Waals surface area (Å²) in [6, 6.07) is 13.6. The van der Waals surface area contributed by atoms with Gasteiger partial charge in [-0.2, -0.15) is 0 Å². The quantitative estimate of drug-likeness (QED) is 0.676. The number of ether oxygens (including phenoxy) is 2. The second kappa shape index (κ2) is 10.1. The second-order valence-electron chi connectivity index (χ2n) is 8.86. The summed E-state index contributed by atoms with van der Waals surface area (Å²) < 4.78 is 10.8. The third-order valence-electron chi connectivity index (χ3n) is 6.41. The summed E-state index contributed by atoms with van der Waals surface area (Å²) in [5, 5.41) is 3.15. The fraction of sp³-hybridized carbons (Fsp3) is 0.462. The van der Waals surface area contributed by atoms with Crippen LogP contribution in [0.3, 0.4) is 0 Å². The van der Waals surface area contributed by atoms with Crippen molar-refractivity contribution in [1.82, 2.24) is 10.2 Å². The summed E-state index contributed by atoms with van der Waals surface area (Å²) in [6.45, 7) is 4.52. The lowest BCUT2D eigenvalue weighted by Crippen LogP contribution is -2.49. The van der Waals surface area contributed by atoms with Crippen molar-refractivity contribution in [3.63, 3.8) is 0 Å². The molecule has 0 spiro atoms. The van der Waals surface area contributed by atoms with Crippen LogP contribution in [0.4, 0.5) is 0 Å². The van der Waals surface area contributed by atoms with Crippen molar-refractivity contribution < 1.29 is 19.1 Å². The molecule has 0 saturated heterocycles. The zero-order valence-corrected chi connectivity index (χ0v) is 18.9. The number of amides is 2. The van der Waals surface area contributed by atoms with E-state index in [-0.39, 0.29) is 24.6 Å². The number of aryl methyl sites for hydroxylation is 2. The number of hydrogen-bond acceptors (Lipinski definition) is 4. The fourth-order valence-electron chi connectivity index (χ4n) is 4.36. The first-order valence-electron chi connectivity index (χ1n) is 11.5. The van der Waals surface area contributed by atoms with Gasteiger partial charge in [0.2, 0.25) is 18.6 Å². The van der Waals surface area contributed by atoms with Crippen molar-refractivity contribution in [3.8, 4) is 11.5 Å². The fourth-order valence-corrected chi connectivity index (χ4v) is 4.36. The van der Waals surface area contributed by atoms with Crippen molar-refractivity contribution in [2.45, 2.75) is 71.0 Å². The van der Waals surface area contributed by atoms with Crippen LogP contribution in [-0.4, -0.2) is 35.6 Å². The van der Waals surface area contributed by atoms with E-state index < -0.39 is 6.04 Å². The first-order valence-corrected chi connectivity index (χ1v) is 11.5. The van der Waals surface area contributed by atoms with Crippen molar-refractivity contribution in [3.05, 3.63) is 59.2 Å². The highest BCUT2D eigenvalue weighted by atomic mass is 16.7. The van der Waals surface area contributed by atoms with Crippen LogP contribution in [0.2, 0.25) is 0 Å². The molecule has 2 amide bonds. The lowest BCUT2D eigenvalue weighted by molar-refractivity contribution is -0.140. The maximum Gasteiger partial charge on any atom is 0.242 e. The SMILES string of the molecule is Cc1ccc(CN(C(=O)CCc2ccc3c(c2)OCO3)C(C)C(=O)NC2CCCC2)cc1. The van der Waals surface area contributed by atoms with Crippen LogP contribution in [0.15, 0.2) is 42.5 Å². The van der Waals surface area contributed by atoms with E-state index in [0.717, 1.165) is 48.3 Å². The predicted octanol–water partition coefficient (Wildman–Crippen LogP) is 4.13. The molecule has 6 nitrogen and oxygen atoms in total. The molecule has 1 atom stereocenters. The number of hydrogen-bond donors (Lipinski definition) is 1. The molecule has 2 aromatic rings. The minimum Gasteiger partial charge on any atom is -0.454 e. The largest absolute Gasteiger partial charge is 0.454 e. The number of rotatable bonds is 8. The normalized spacial score (nSPS) is 16.1. The first kappa shape index (κ1) is 22.2. The van der Waals surface area contributed by atoms with Crippen molar-refractivity contribution in [2.24, 2.45) is 0 Å². The minimum atomic E-state index is -0.527. The van der Waals surface area contributed by atoms with Gasteiger partial charge in [-0.3, -0.25) is 9.59 Å². The lowest BCUT2D eigenvalue weighted by atomic mass is 10.1. The monoisotopic (exact) mass is 436 g/mol. The van der Waals surface area contributed by atoms with E-state index in [1.165, 1.54) is 5.56 Å². The molecule has 1 aliphatic carbocycles. The molecule has 0 bridgehead atoms. The van der Waals surface area contributed by atoms with E-state index in [2.05, 4.69) is 5.32 Å². The number of carbonyl (C=O) groups is 2. The Hall–Kier alpha value is -3.02. The zero-order valence-electron chi connectivity index (χ0n) is 18.9. The molecule has 1 heterocycles. The summed E-state index contributed by atoms with van der Waals surface area (Å²) in [5.74, 6) is 1.35. The van der Waals surface area contributed by atoms with Gasteiger partial charge in [-0.1, -0.05) is 48.7 Å². The Morgan fingerprint density at radius 3 is 2.47 bits per heavy atom. The zero-order chi connectivity index (χ0) is 22.5. The molecule has 1 saturated carbocycles. The van der Waals surface area contributed by atoms with E-state index in [1.807, 2.05) is 56.3 Å². The van der Waals surface area contributed by atoms with Gasteiger partial charge < -0.3 is 19.7 Å². The molecule has 1 fully saturated rings. The predicted molar refractivity (Wildman–Crippen MR) is 122 cm³/mol. The van der Waals surface area contributed by atoms with Crippen LogP contribution in [0, 0.1) is 6.92 Å². The average Bonchev–Trinajstić information content (AvgIpc) is 3.48. The molecule has 0 aromatic heterocycles. The third-order valence-corrected chi connectivity index (χ3v) is 6.41. The van der Waals surface area contributed by atoms with Gasteiger partial charge in [0.05, 0.1) is 0 Å². The van der Waals surface area contributed by atoms with Gasteiger partial charge >= 0.3 is 0 Å². The van der Waals surface area contributed by atoms with Crippen LogP contribution in [0.1, 0.15) is 55.7 Å². The van der Waals surface area contributed by atoms with E-state index in [4.69, 9.17) is 9.47 Å². The summed E-state index contributed by atoms with van der Waals surface area (Å²) in [7, 11) is 0. The molecule has 0 radical (unpaired) electrons. The maximum absolute atomic E-state index is 13.3. The highest BCUT2D eigenvalue weighted by molar-refractivity contribution is 5.87. The van der Waals surface area contributed by atoms with E-state index in [1.54, 1.807) is 4.90 Å². The molecule has 1 unspecified atom stereocenters. The lowest BCUT2D eigenvalue weighted by Gasteiger charge is -2.30. The first-order chi connectivity index (χ1) is 15.5. The number of nitrogens with one attached hydrogen (secondary N) is 1. The minimum absolute atomic E-state index is 0.0303. The Morgan fingerprint density at radius 1 is 1.03 bits per heavy atom.